The van der Waals surface area contributed by atoms with E-state index in [1.807, 2.05) is 12.1 Å². The molecule has 0 saturated carbocycles. The van der Waals surface area contributed by atoms with Crippen LogP contribution in [0.15, 0.2) is 34.6 Å². The summed E-state index contributed by atoms with van der Waals surface area (Å²) < 4.78 is 14.1. The van der Waals surface area contributed by atoms with Crippen molar-refractivity contribution in [2.24, 2.45) is 4.99 Å². The van der Waals surface area contributed by atoms with Gasteiger partial charge in [0, 0.05) is 64.2 Å². The molecule has 0 radical (unpaired) electrons. The van der Waals surface area contributed by atoms with Crippen LogP contribution in [0.4, 0.5) is 15.2 Å². The summed E-state index contributed by atoms with van der Waals surface area (Å²) in [5.41, 5.74) is 1.82. The molecule has 0 amide bonds. The second-order valence-corrected chi connectivity index (χ2v) is 8.56. The lowest BCUT2D eigenvalue weighted by atomic mass is 10.2. The molecule has 31 heavy (non-hydrogen) atoms. The van der Waals surface area contributed by atoms with Crippen LogP contribution in [-0.4, -0.2) is 68.2 Å². The molecule has 2 fully saturated rings. The predicted octanol–water partition coefficient (Wildman–Crippen LogP) is 3.83. The number of guanidine groups is 1. The lowest BCUT2D eigenvalue weighted by Crippen LogP contribution is -2.52. The zero-order valence-electron chi connectivity index (χ0n) is 18.1. The largest absolute Gasteiger partial charge is 0.366 e. The van der Waals surface area contributed by atoms with Crippen LogP contribution in [-0.2, 0) is 6.42 Å². The van der Waals surface area contributed by atoms with Gasteiger partial charge in [-0.2, -0.15) is 0 Å². The summed E-state index contributed by atoms with van der Waals surface area (Å²) in [6, 6.07) is 7.01. The minimum absolute atomic E-state index is 0. The number of piperazine rings is 1. The van der Waals surface area contributed by atoms with Crippen molar-refractivity contribution in [3.05, 3.63) is 41.2 Å². The molecule has 2 aliphatic heterocycles. The molecule has 1 N–H and O–H groups in total. The monoisotopic (exact) mass is 558 g/mol. The third-order valence-corrected chi connectivity index (χ3v) is 6.60. The summed E-state index contributed by atoms with van der Waals surface area (Å²) >= 11 is 1.75. The molecule has 1 aromatic carbocycles. The highest BCUT2D eigenvalue weighted by molar-refractivity contribution is 14.0. The molecule has 2 saturated heterocycles. The normalized spacial score (nSPS) is 17.1. The predicted molar refractivity (Wildman–Crippen MR) is 139 cm³/mol. The number of nitrogens with zero attached hydrogens (tertiary/aromatic N) is 5. The van der Waals surface area contributed by atoms with Crippen LogP contribution in [0.5, 0.6) is 0 Å². The molecule has 0 bridgehead atoms. The van der Waals surface area contributed by atoms with Crippen LogP contribution in [0.25, 0.3) is 0 Å². The van der Waals surface area contributed by atoms with Gasteiger partial charge in [-0.15, -0.1) is 35.3 Å². The SMILES string of the molecule is CCNC(=NCCc1csc(N2CCCC2)n1)N1CCN(c2ccccc2F)CC1.I. The van der Waals surface area contributed by atoms with Crippen LogP contribution in [0.2, 0.25) is 0 Å². The number of thiazole rings is 1. The van der Waals surface area contributed by atoms with Crippen molar-refractivity contribution in [3.8, 4) is 0 Å². The summed E-state index contributed by atoms with van der Waals surface area (Å²) in [5, 5.41) is 6.74. The van der Waals surface area contributed by atoms with E-state index in [0.717, 1.165) is 75.6 Å². The molecule has 9 heteroatoms. The summed E-state index contributed by atoms with van der Waals surface area (Å²) in [6.45, 7) is 9.15. The Bertz CT molecular complexity index is 846. The van der Waals surface area contributed by atoms with E-state index >= 15 is 0 Å². The highest BCUT2D eigenvalue weighted by Crippen LogP contribution is 2.24. The first-order valence-corrected chi connectivity index (χ1v) is 11.8. The quantitative estimate of drug-likeness (QED) is 0.332. The fourth-order valence-corrected chi connectivity index (χ4v) is 4.95. The fraction of sp³-hybridized carbons (Fsp3) is 0.545. The number of hydrogen-bond donors (Lipinski definition) is 1. The first-order valence-electron chi connectivity index (χ1n) is 11.0. The number of benzene rings is 1. The van der Waals surface area contributed by atoms with Gasteiger partial charge < -0.3 is 20.0 Å². The molecule has 4 rings (SSSR count). The van der Waals surface area contributed by atoms with Crippen molar-refractivity contribution in [1.29, 1.82) is 0 Å². The van der Waals surface area contributed by atoms with Crippen molar-refractivity contribution in [3.63, 3.8) is 0 Å². The molecule has 6 nitrogen and oxygen atoms in total. The van der Waals surface area contributed by atoms with E-state index in [4.69, 9.17) is 9.98 Å². The van der Waals surface area contributed by atoms with E-state index in [9.17, 15) is 4.39 Å². The van der Waals surface area contributed by atoms with Crippen molar-refractivity contribution in [1.82, 2.24) is 15.2 Å². The van der Waals surface area contributed by atoms with Gasteiger partial charge in [-0.1, -0.05) is 12.1 Å². The molecule has 1 aromatic heterocycles. The zero-order valence-corrected chi connectivity index (χ0v) is 21.2. The molecule has 0 spiro atoms. The van der Waals surface area contributed by atoms with Crippen LogP contribution < -0.4 is 15.1 Å². The average Bonchev–Trinajstić information content (AvgIpc) is 3.46. The Hall–Kier alpha value is -1.62. The van der Waals surface area contributed by atoms with Gasteiger partial charge in [0.15, 0.2) is 11.1 Å². The number of halogens is 2. The van der Waals surface area contributed by atoms with E-state index in [-0.39, 0.29) is 29.8 Å². The Balaban J connectivity index is 0.00000272. The lowest BCUT2D eigenvalue weighted by Gasteiger charge is -2.37. The standard InChI is InChI=1S/C22H31FN6S.HI/c1-2-24-21(25-10-9-18-17-30-22(26-18)29-11-5-6-12-29)28-15-13-27(14-16-28)20-8-4-3-7-19(20)23;/h3-4,7-8,17H,2,5-6,9-16H2,1H3,(H,24,25);1H. The molecular weight excluding hydrogens is 526 g/mol. The second-order valence-electron chi connectivity index (χ2n) is 7.73. The summed E-state index contributed by atoms with van der Waals surface area (Å²) in [5.74, 6) is 0.795. The minimum atomic E-state index is -0.150. The van der Waals surface area contributed by atoms with E-state index in [1.165, 1.54) is 18.9 Å². The zero-order chi connectivity index (χ0) is 20.8. The highest BCUT2D eigenvalue weighted by atomic mass is 127. The van der Waals surface area contributed by atoms with Crippen molar-refractivity contribution >= 4 is 52.1 Å². The van der Waals surface area contributed by atoms with Crippen LogP contribution >= 0.6 is 35.3 Å². The van der Waals surface area contributed by atoms with Crippen LogP contribution in [0, 0.1) is 5.82 Å². The Labute approximate surface area is 205 Å². The van der Waals surface area contributed by atoms with Crippen LogP contribution in [0.1, 0.15) is 25.5 Å². The van der Waals surface area contributed by atoms with Gasteiger partial charge in [0.1, 0.15) is 5.82 Å². The maximum Gasteiger partial charge on any atom is 0.194 e. The van der Waals surface area contributed by atoms with E-state index < -0.39 is 0 Å². The van der Waals surface area contributed by atoms with Gasteiger partial charge in [-0.05, 0) is 31.9 Å². The Morgan fingerprint density at radius 3 is 2.55 bits per heavy atom. The van der Waals surface area contributed by atoms with Gasteiger partial charge >= 0.3 is 0 Å². The topological polar surface area (TPSA) is 47.0 Å². The van der Waals surface area contributed by atoms with Gasteiger partial charge in [0.2, 0.25) is 0 Å². The average molecular weight is 559 g/mol. The van der Waals surface area contributed by atoms with Gasteiger partial charge in [-0.3, -0.25) is 4.99 Å². The molecule has 170 valence electrons. The number of rotatable bonds is 6. The summed E-state index contributed by atoms with van der Waals surface area (Å²) in [4.78, 5) is 16.4. The number of hydrogen-bond acceptors (Lipinski definition) is 5. The number of aliphatic imine (C=N–C) groups is 1. The van der Waals surface area contributed by atoms with Gasteiger partial charge in [0.05, 0.1) is 11.4 Å². The molecule has 0 atom stereocenters. The molecule has 3 heterocycles. The fourth-order valence-electron chi connectivity index (χ4n) is 4.03. The number of nitrogens with one attached hydrogen (secondary N) is 1. The summed E-state index contributed by atoms with van der Waals surface area (Å²) in [6.07, 6.45) is 3.40. The summed E-state index contributed by atoms with van der Waals surface area (Å²) in [7, 11) is 0. The van der Waals surface area contributed by atoms with E-state index in [2.05, 4.69) is 32.3 Å². The van der Waals surface area contributed by atoms with Crippen molar-refractivity contribution in [2.75, 3.05) is 62.2 Å². The first kappa shape index (κ1) is 24.0. The molecule has 0 unspecified atom stereocenters. The number of anilines is 2. The first-order chi connectivity index (χ1) is 14.7. The van der Waals surface area contributed by atoms with Crippen LogP contribution in [0.3, 0.4) is 0 Å². The third kappa shape index (κ3) is 6.21. The minimum Gasteiger partial charge on any atom is -0.366 e. The molecule has 0 aliphatic carbocycles. The molecule has 2 aromatic rings. The Morgan fingerprint density at radius 1 is 1.10 bits per heavy atom. The molecule has 2 aliphatic rings. The van der Waals surface area contributed by atoms with Gasteiger partial charge in [0.25, 0.3) is 0 Å². The van der Waals surface area contributed by atoms with E-state index in [0.29, 0.717) is 5.69 Å². The van der Waals surface area contributed by atoms with Crippen molar-refractivity contribution in [2.45, 2.75) is 26.2 Å². The Kier molecular flexibility index (Phi) is 9.18. The van der Waals surface area contributed by atoms with E-state index in [1.54, 1.807) is 17.4 Å². The smallest absolute Gasteiger partial charge is 0.194 e. The maximum absolute atomic E-state index is 14.1. The molecular formula is C22H32FIN6S. The second kappa shape index (κ2) is 11.8. The number of para-hydroxylation sites is 1. The maximum atomic E-state index is 14.1. The highest BCUT2D eigenvalue weighted by Gasteiger charge is 2.21. The third-order valence-electron chi connectivity index (χ3n) is 5.65. The lowest BCUT2D eigenvalue weighted by molar-refractivity contribution is 0.371. The number of aromatic nitrogens is 1. The Morgan fingerprint density at radius 2 is 1.84 bits per heavy atom. The van der Waals surface area contributed by atoms with Gasteiger partial charge in [-0.25, -0.2) is 9.37 Å². The van der Waals surface area contributed by atoms with Crippen molar-refractivity contribution < 1.29 is 4.39 Å².